The van der Waals surface area contributed by atoms with E-state index in [1.165, 1.54) is 12.1 Å². The van der Waals surface area contributed by atoms with Gasteiger partial charge in [-0.15, -0.1) is 0 Å². The third kappa shape index (κ3) is 1.82. The summed E-state index contributed by atoms with van der Waals surface area (Å²) in [5, 5.41) is 28.0. The van der Waals surface area contributed by atoms with Crippen molar-refractivity contribution >= 4 is 5.97 Å². The van der Waals surface area contributed by atoms with Gasteiger partial charge in [-0.2, -0.15) is 0 Å². The molecule has 0 saturated carbocycles. The van der Waals surface area contributed by atoms with E-state index in [4.69, 9.17) is 5.11 Å². The minimum atomic E-state index is -0.877. The van der Waals surface area contributed by atoms with E-state index in [-0.39, 0.29) is 17.5 Å². The second-order valence-electron chi connectivity index (χ2n) is 4.44. The van der Waals surface area contributed by atoms with Crippen molar-refractivity contribution in [3.05, 3.63) is 23.3 Å². The molecule has 92 valence electrons. The first-order valence-electron chi connectivity index (χ1n) is 5.41. The standard InChI is InChI=1S/C12H15NO4/c1-6-8-5-11(15)10(14)4-7(8)3-9(12(16)17)13(6)2/h4-6,9,14-15H,3H2,1-2H3,(H,16,17)/t6-,9-/m0/s1. The van der Waals surface area contributed by atoms with Crippen LogP contribution in [0.5, 0.6) is 11.5 Å². The van der Waals surface area contributed by atoms with Crippen LogP contribution < -0.4 is 0 Å². The summed E-state index contributed by atoms with van der Waals surface area (Å²) in [6.07, 6.45) is 0.333. The largest absolute Gasteiger partial charge is 0.504 e. The van der Waals surface area contributed by atoms with Gasteiger partial charge >= 0.3 is 5.97 Å². The molecule has 1 heterocycles. The van der Waals surface area contributed by atoms with Crippen LogP contribution in [-0.4, -0.2) is 39.3 Å². The zero-order valence-electron chi connectivity index (χ0n) is 9.71. The number of carbonyl (C=O) groups is 1. The van der Waals surface area contributed by atoms with Gasteiger partial charge in [-0.3, -0.25) is 9.69 Å². The maximum atomic E-state index is 11.1. The van der Waals surface area contributed by atoms with Crippen molar-refractivity contribution in [1.82, 2.24) is 4.90 Å². The van der Waals surface area contributed by atoms with Crippen LogP contribution in [0.4, 0.5) is 0 Å². The molecule has 1 aromatic rings. The SMILES string of the molecule is C[C@H]1c2cc(O)c(O)cc2C[C@@H](C(=O)O)N1C. The smallest absolute Gasteiger partial charge is 0.321 e. The van der Waals surface area contributed by atoms with E-state index in [0.717, 1.165) is 11.1 Å². The van der Waals surface area contributed by atoms with Gasteiger partial charge in [-0.1, -0.05) is 0 Å². The summed E-state index contributed by atoms with van der Waals surface area (Å²) >= 11 is 0. The Labute approximate surface area is 98.9 Å². The van der Waals surface area contributed by atoms with Crippen LogP contribution in [0.1, 0.15) is 24.1 Å². The number of fused-ring (bicyclic) bond motifs is 1. The van der Waals surface area contributed by atoms with Gasteiger partial charge in [0.2, 0.25) is 0 Å². The lowest BCUT2D eigenvalue weighted by atomic mass is 9.89. The molecule has 0 bridgehead atoms. The normalized spacial score (nSPS) is 24.4. The minimum absolute atomic E-state index is 0.105. The van der Waals surface area contributed by atoms with E-state index >= 15 is 0 Å². The molecule has 0 aliphatic carbocycles. The van der Waals surface area contributed by atoms with Gasteiger partial charge < -0.3 is 15.3 Å². The highest BCUT2D eigenvalue weighted by molar-refractivity contribution is 5.74. The Morgan fingerprint density at radius 2 is 1.94 bits per heavy atom. The van der Waals surface area contributed by atoms with E-state index in [9.17, 15) is 15.0 Å². The first-order valence-corrected chi connectivity index (χ1v) is 5.41. The molecule has 0 aromatic heterocycles. The average molecular weight is 237 g/mol. The molecule has 0 spiro atoms. The molecule has 5 nitrogen and oxygen atoms in total. The lowest BCUT2D eigenvalue weighted by Crippen LogP contribution is -2.45. The number of phenolic OH excluding ortho intramolecular Hbond substituents is 2. The number of nitrogens with zero attached hydrogens (tertiary/aromatic N) is 1. The van der Waals surface area contributed by atoms with Crippen LogP contribution >= 0.6 is 0 Å². The number of hydrogen-bond donors (Lipinski definition) is 3. The zero-order chi connectivity index (χ0) is 12.7. The summed E-state index contributed by atoms with van der Waals surface area (Å²) in [5.41, 5.74) is 1.64. The second kappa shape index (κ2) is 3.92. The van der Waals surface area contributed by atoms with E-state index < -0.39 is 12.0 Å². The summed E-state index contributed by atoms with van der Waals surface area (Å²) in [6, 6.07) is 2.25. The molecule has 0 saturated heterocycles. The van der Waals surface area contributed by atoms with E-state index in [2.05, 4.69) is 0 Å². The first-order chi connectivity index (χ1) is 7.91. The topological polar surface area (TPSA) is 81.0 Å². The molecule has 1 aliphatic rings. The molecular formula is C12H15NO4. The Balaban J connectivity index is 2.49. The van der Waals surface area contributed by atoms with Crippen LogP contribution in [0.2, 0.25) is 0 Å². The van der Waals surface area contributed by atoms with Crippen molar-refractivity contribution in [1.29, 1.82) is 0 Å². The number of aliphatic carboxylic acids is 1. The predicted molar refractivity (Wildman–Crippen MR) is 61.1 cm³/mol. The maximum absolute atomic E-state index is 11.1. The Morgan fingerprint density at radius 3 is 2.53 bits per heavy atom. The van der Waals surface area contributed by atoms with Gasteiger partial charge in [-0.05, 0) is 43.7 Å². The summed E-state index contributed by atoms with van der Waals surface area (Å²) in [7, 11) is 1.75. The fourth-order valence-corrected chi connectivity index (χ4v) is 2.31. The number of aromatic hydroxyl groups is 2. The second-order valence-corrected chi connectivity index (χ2v) is 4.44. The third-order valence-electron chi connectivity index (χ3n) is 3.49. The van der Waals surface area contributed by atoms with Crippen LogP contribution in [0.25, 0.3) is 0 Å². The lowest BCUT2D eigenvalue weighted by Gasteiger charge is -2.37. The van der Waals surface area contributed by atoms with Gasteiger partial charge in [0, 0.05) is 6.04 Å². The third-order valence-corrected chi connectivity index (χ3v) is 3.49. The number of rotatable bonds is 1. The van der Waals surface area contributed by atoms with Gasteiger partial charge in [-0.25, -0.2) is 0 Å². The lowest BCUT2D eigenvalue weighted by molar-refractivity contribution is -0.144. The maximum Gasteiger partial charge on any atom is 0.321 e. The molecule has 0 amide bonds. The highest BCUT2D eigenvalue weighted by Gasteiger charge is 2.34. The van der Waals surface area contributed by atoms with Crippen molar-refractivity contribution in [3.8, 4) is 11.5 Å². The Bertz CT molecular complexity index is 472. The van der Waals surface area contributed by atoms with Crippen molar-refractivity contribution in [2.75, 3.05) is 7.05 Å². The Hall–Kier alpha value is -1.75. The summed E-state index contributed by atoms with van der Waals surface area (Å²) < 4.78 is 0. The molecule has 1 aromatic carbocycles. The van der Waals surface area contributed by atoms with E-state index in [0.29, 0.717) is 6.42 Å². The van der Waals surface area contributed by atoms with Gasteiger partial charge in [0.25, 0.3) is 0 Å². The zero-order valence-corrected chi connectivity index (χ0v) is 9.71. The number of benzene rings is 1. The summed E-state index contributed by atoms with van der Waals surface area (Å²) in [4.78, 5) is 12.9. The highest BCUT2D eigenvalue weighted by Crippen LogP contribution is 2.37. The molecular weight excluding hydrogens is 222 g/mol. The molecule has 5 heteroatoms. The van der Waals surface area contributed by atoms with Gasteiger partial charge in [0.05, 0.1) is 0 Å². The Morgan fingerprint density at radius 1 is 1.35 bits per heavy atom. The van der Waals surface area contributed by atoms with E-state index in [1.807, 2.05) is 6.92 Å². The molecule has 0 radical (unpaired) electrons. The van der Waals surface area contributed by atoms with Crippen molar-refractivity contribution in [3.63, 3.8) is 0 Å². The fraction of sp³-hybridized carbons (Fsp3) is 0.417. The fourth-order valence-electron chi connectivity index (χ4n) is 2.31. The monoisotopic (exact) mass is 237 g/mol. The van der Waals surface area contributed by atoms with Crippen LogP contribution in [0.15, 0.2) is 12.1 Å². The van der Waals surface area contributed by atoms with Crippen LogP contribution in [0.3, 0.4) is 0 Å². The molecule has 3 N–H and O–H groups in total. The van der Waals surface area contributed by atoms with Crippen LogP contribution in [0, 0.1) is 0 Å². The van der Waals surface area contributed by atoms with Crippen molar-refractivity contribution < 1.29 is 20.1 Å². The van der Waals surface area contributed by atoms with Crippen molar-refractivity contribution in [2.24, 2.45) is 0 Å². The van der Waals surface area contributed by atoms with Gasteiger partial charge in [0.1, 0.15) is 6.04 Å². The number of carboxylic acid groups (broad SMARTS) is 1. The van der Waals surface area contributed by atoms with Crippen LogP contribution in [-0.2, 0) is 11.2 Å². The highest BCUT2D eigenvalue weighted by atomic mass is 16.4. The quantitative estimate of drug-likeness (QED) is 0.637. The minimum Gasteiger partial charge on any atom is -0.504 e. The molecule has 17 heavy (non-hydrogen) atoms. The first kappa shape index (κ1) is 11.7. The van der Waals surface area contributed by atoms with Crippen molar-refractivity contribution in [2.45, 2.75) is 25.4 Å². The number of hydrogen-bond acceptors (Lipinski definition) is 4. The summed E-state index contributed by atoms with van der Waals surface area (Å²) in [5.74, 6) is -1.25. The molecule has 2 rings (SSSR count). The molecule has 0 unspecified atom stereocenters. The Kier molecular flexibility index (Phi) is 2.71. The molecule has 0 fully saturated rings. The predicted octanol–water partition coefficient (Wildman–Crippen LogP) is 1.10. The average Bonchev–Trinajstić information content (AvgIpc) is 2.26. The molecule has 2 atom stereocenters. The van der Waals surface area contributed by atoms with Gasteiger partial charge in [0.15, 0.2) is 11.5 Å². The number of carboxylic acids is 1. The van der Waals surface area contributed by atoms with E-state index in [1.54, 1.807) is 11.9 Å². The molecule has 1 aliphatic heterocycles. The summed E-state index contributed by atoms with van der Waals surface area (Å²) in [6.45, 7) is 1.88. The number of likely N-dealkylation sites (N-methyl/N-ethyl adjacent to an activating group) is 1. The number of phenols is 2.